The Kier molecular flexibility index (Phi) is 3.50. The second kappa shape index (κ2) is 5.14. The van der Waals surface area contributed by atoms with Crippen LogP contribution in [0.15, 0.2) is 36.4 Å². The average Bonchev–Trinajstić information content (AvgIpc) is 2.85. The summed E-state index contributed by atoms with van der Waals surface area (Å²) in [5, 5.41) is 1.21. The summed E-state index contributed by atoms with van der Waals surface area (Å²) in [5.74, 6) is 0. The fourth-order valence-corrected chi connectivity index (χ4v) is 2.84. The second-order valence-corrected chi connectivity index (χ2v) is 5.51. The molecule has 98 valence electrons. The van der Waals surface area contributed by atoms with Crippen LogP contribution in [0.4, 0.5) is 0 Å². The van der Waals surface area contributed by atoms with Crippen molar-refractivity contribution in [2.24, 2.45) is 5.73 Å². The van der Waals surface area contributed by atoms with Crippen LogP contribution in [0.5, 0.6) is 0 Å². The highest BCUT2D eigenvalue weighted by atomic mass is 35.5. The molecule has 0 aliphatic carbocycles. The van der Waals surface area contributed by atoms with Gasteiger partial charge in [-0.05, 0) is 34.4 Å². The molecular weight excluding hydrogens is 281 g/mol. The van der Waals surface area contributed by atoms with Gasteiger partial charge in [-0.3, -0.25) is 0 Å². The molecule has 0 aromatic heterocycles. The number of hydrogen-bond donors (Lipinski definition) is 1. The molecule has 2 aromatic rings. The molecule has 0 bridgehead atoms. The Morgan fingerprint density at radius 1 is 1.00 bits per heavy atom. The topological polar surface area (TPSA) is 35.2 Å². The third-order valence-electron chi connectivity index (χ3n) is 3.40. The van der Waals surface area contributed by atoms with Crippen molar-refractivity contribution in [1.29, 1.82) is 0 Å². The lowest BCUT2D eigenvalue weighted by Gasteiger charge is -2.15. The molecule has 0 radical (unpaired) electrons. The second-order valence-electron chi connectivity index (χ2n) is 4.66. The van der Waals surface area contributed by atoms with E-state index in [9.17, 15) is 0 Å². The van der Waals surface area contributed by atoms with E-state index >= 15 is 0 Å². The molecule has 2 aromatic carbocycles. The molecule has 2 nitrogen and oxygen atoms in total. The van der Waals surface area contributed by atoms with Crippen LogP contribution in [0.2, 0.25) is 10.0 Å². The van der Waals surface area contributed by atoms with Gasteiger partial charge in [0, 0.05) is 10.0 Å². The van der Waals surface area contributed by atoms with Gasteiger partial charge in [-0.2, -0.15) is 0 Å². The highest BCUT2D eigenvalue weighted by molar-refractivity contribution is 6.35. The van der Waals surface area contributed by atoms with Crippen molar-refractivity contribution in [2.75, 3.05) is 0 Å². The monoisotopic (exact) mass is 293 g/mol. The van der Waals surface area contributed by atoms with Gasteiger partial charge in [0.05, 0.1) is 19.3 Å². The maximum absolute atomic E-state index is 6.29. The predicted molar refractivity (Wildman–Crippen MR) is 77.4 cm³/mol. The van der Waals surface area contributed by atoms with Crippen LogP contribution in [0.25, 0.3) is 0 Å². The van der Waals surface area contributed by atoms with Gasteiger partial charge in [-0.25, -0.2) is 0 Å². The van der Waals surface area contributed by atoms with E-state index in [1.807, 2.05) is 12.1 Å². The van der Waals surface area contributed by atoms with Crippen LogP contribution in [-0.4, -0.2) is 0 Å². The summed E-state index contributed by atoms with van der Waals surface area (Å²) in [6, 6.07) is 11.3. The van der Waals surface area contributed by atoms with Crippen molar-refractivity contribution in [3.05, 3.63) is 68.7 Å². The van der Waals surface area contributed by atoms with E-state index in [0.717, 1.165) is 11.1 Å². The average molecular weight is 294 g/mol. The molecule has 3 rings (SSSR count). The molecule has 1 heterocycles. The van der Waals surface area contributed by atoms with Crippen molar-refractivity contribution in [3.63, 3.8) is 0 Å². The Balaban J connectivity index is 1.97. The van der Waals surface area contributed by atoms with Gasteiger partial charge in [0.25, 0.3) is 0 Å². The zero-order valence-corrected chi connectivity index (χ0v) is 11.7. The van der Waals surface area contributed by atoms with Crippen molar-refractivity contribution in [2.45, 2.75) is 19.3 Å². The quantitative estimate of drug-likeness (QED) is 0.906. The lowest BCUT2D eigenvalue weighted by Crippen LogP contribution is -2.12. The normalized spacial score (nSPS) is 15.3. The van der Waals surface area contributed by atoms with Crippen molar-refractivity contribution in [1.82, 2.24) is 0 Å². The first-order valence-corrected chi connectivity index (χ1v) is 6.81. The summed E-state index contributed by atoms with van der Waals surface area (Å²) in [7, 11) is 0. The molecule has 0 spiro atoms. The third-order valence-corrected chi connectivity index (χ3v) is 3.96. The highest BCUT2D eigenvalue weighted by Gasteiger charge is 2.17. The molecule has 19 heavy (non-hydrogen) atoms. The van der Waals surface area contributed by atoms with Gasteiger partial charge < -0.3 is 10.5 Å². The molecule has 1 unspecified atom stereocenters. The number of hydrogen-bond acceptors (Lipinski definition) is 2. The SMILES string of the molecule is NC(c1ccc2c(c1)COC2)c1ccc(Cl)cc1Cl. The molecule has 0 saturated carbocycles. The first-order chi connectivity index (χ1) is 9.15. The zero-order valence-electron chi connectivity index (χ0n) is 10.2. The van der Waals surface area contributed by atoms with E-state index in [4.69, 9.17) is 33.7 Å². The van der Waals surface area contributed by atoms with Crippen LogP contribution in [0.1, 0.15) is 28.3 Å². The summed E-state index contributed by atoms with van der Waals surface area (Å²) in [5.41, 5.74) is 10.6. The number of rotatable bonds is 2. The molecule has 0 amide bonds. The lowest BCUT2D eigenvalue weighted by atomic mass is 9.96. The standard InChI is InChI=1S/C15H13Cl2NO/c16-12-3-4-13(14(17)6-12)15(18)9-1-2-10-7-19-8-11(10)5-9/h1-6,15H,7-8,18H2. The minimum absolute atomic E-state index is 0.254. The van der Waals surface area contributed by atoms with Crippen molar-refractivity contribution < 1.29 is 4.74 Å². The van der Waals surface area contributed by atoms with Crippen LogP contribution in [-0.2, 0) is 18.0 Å². The van der Waals surface area contributed by atoms with Gasteiger partial charge in [-0.15, -0.1) is 0 Å². The molecule has 0 fully saturated rings. The number of nitrogens with two attached hydrogens (primary N) is 1. The number of halogens is 2. The summed E-state index contributed by atoms with van der Waals surface area (Å²) in [6.07, 6.45) is 0. The largest absolute Gasteiger partial charge is 0.372 e. The molecule has 2 N–H and O–H groups in total. The molecule has 1 aliphatic rings. The highest BCUT2D eigenvalue weighted by Crippen LogP contribution is 2.31. The summed E-state index contributed by atoms with van der Waals surface area (Å²) >= 11 is 12.1. The van der Waals surface area contributed by atoms with Gasteiger partial charge in [-0.1, -0.05) is 47.5 Å². The summed E-state index contributed by atoms with van der Waals surface area (Å²) < 4.78 is 5.41. The maximum Gasteiger partial charge on any atom is 0.0725 e. The van der Waals surface area contributed by atoms with Gasteiger partial charge >= 0.3 is 0 Å². The molecule has 4 heteroatoms. The smallest absolute Gasteiger partial charge is 0.0725 e. The van der Waals surface area contributed by atoms with E-state index < -0.39 is 0 Å². The minimum Gasteiger partial charge on any atom is -0.372 e. The fourth-order valence-electron chi connectivity index (χ4n) is 2.32. The van der Waals surface area contributed by atoms with Gasteiger partial charge in [0.1, 0.15) is 0 Å². The Labute approximate surface area is 122 Å². The van der Waals surface area contributed by atoms with Crippen molar-refractivity contribution in [3.8, 4) is 0 Å². The van der Waals surface area contributed by atoms with E-state index in [1.165, 1.54) is 11.1 Å². The van der Waals surface area contributed by atoms with E-state index in [2.05, 4.69) is 12.1 Å². The predicted octanol–water partition coefficient (Wildman–Crippen LogP) is 4.07. The Bertz CT molecular complexity index is 628. The Morgan fingerprint density at radius 2 is 1.79 bits per heavy atom. The van der Waals surface area contributed by atoms with Crippen LogP contribution < -0.4 is 5.73 Å². The first-order valence-electron chi connectivity index (χ1n) is 6.05. The molecule has 1 atom stereocenters. The summed E-state index contributed by atoms with van der Waals surface area (Å²) in [4.78, 5) is 0. The molecular formula is C15H13Cl2NO. The fraction of sp³-hybridized carbons (Fsp3) is 0.200. The van der Waals surface area contributed by atoms with Gasteiger partial charge in [0.15, 0.2) is 0 Å². The summed E-state index contributed by atoms with van der Waals surface area (Å²) in [6.45, 7) is 1.34. The van der Waals surface area contributed by atoms with Crippen LogP contribution >= 0.6 is 23.2 Å². The van der Waals surface area contributed by atoms with E-state index in [1.54, 1.807) is 12.1 Å². The van der Waals surface area contributed by atoms with E-state index in [-0.39, 0.29) is 6.04 Å². The van der Waals surface area contributed by atoms with Gasteiger partial charge in [0.2, 0.25) is 0 Å². The number of ether oxygens (including phenoxy) is 1. The third kappa shape index (κ3) is 2.49. The van der Waals surface area contributed by atoms with Crippen LogP contribution in [0, 0.1) is 0 Å². The molecule has 1 aliphatic heterocycles. The first kappa shape index (κ1) is 12.9. The molecule has 0 saturated heterocycles. The maximum atomic E-state index is 6.29. The Hall–Kier alpha value is -1.06. The van der Waals surface area contributed by atoms with Crippen molar-refractivity contribution >= 4 is 23.2 Å². The van der Waals surface area contributed by atoms with E-state index in [0.29, 0.717) is 23.3 Å². The van der Waals surface area contributed by atoms with Crippen LogP contribution in [0.3, 0.4) is 0 Å². The minimum atomic E-state index is -0.254. The lowest BCUT2D eigenvalue weighted by molar-refractivity contribution is 0.134. The Morgan fingerprint density at radius 3 is 2.58 bits per heavy atom. The number of benzene rings is 2. The zero-order chi connectivity index (χ0) is 13.4. The number of fused-ring (bicyclic) bond motifs is 1.